The number of nitrogens with one attached hydrogen (secondary N) is 1. The minimum absolute atomic E-state index is 0.0535. The Bertz CT molecular complexity index is 630. The Hall–Kier alpha value is -1.60. The third-order valence-corrected chi connectivity index (χ3v) is 5.14. The largest absolute Gasteiger partial charge is 0.493 e. The van der Waals surface area contributed by atoms with Crippen LogP contribution in [-0.2, 0) is 21.2 Å². The monoisotopic (exact) mass is 326 g/mol. The van der Waals surface area contributed by atoms with Gasteiger partial charge in [0, 0.05) is 26.1 Å². The van der Waals surface area contributed by atoms with Crippen LogP contribution in [0.15, 0.2) is 24.3 Å². The molecule has 1 aliphatic heterocycles. The van der Waals surface area contributed by atoms with Crippen LogP contribution in [0.5, 0.6) is 5.75 Å². The summed E-state index contributed by atoms with van der Waals surface area (Å²) >= 11 is 0. The number of benzene rings is 1. The SMILES string of the molecule is CN(CCNC(=O)[C@@H]1CCOc2ccccc2C1)S(C)(=O)=O. The molecule has 1 aromatic carbocycles. The quantitative estimate of drug-likeness (QED) is 0.861. The maximum absolute atomic E-state index is 12.3. The number of hydrogen-bond acceptors (Lipinski definition) is 4. The van der Waals surface area contributed by atoms with Crippen molar-refractivity contribution in [3.8, 4) is 5.75 Å². The highest BCUT2D eigenvalue weighted by molar-refractivity contribution is 7.88. The fraction of sp³-hybridized carbons (Fsp3) is 0.533. The van der Waals surface area contributed by atoms with E-state index in [-0.39, 0.29) is 18.4 Å². The summed E-state index contributed by atoms with van der Waals surface area (Å²) < 4.78 is 29.4. The first kappa shape index (κ1) is 16.8. The number of ether oxygens (including phenoxy) is 1. The highest BCUT2D eigenvalue weighted by Gasteiger charge is 2.23. The summed E-state index contributed by atoms with van der Waals surface area (Å²) in [5, 5.41) is 2.81. The molecule has 0 radical (unpaired) electrons. The smallest absolute Gasteiger partial charge is 0.223 e. The third-order valence-electron chi connectivity index (χ3n) is 3.83. The van der Waals surface area contributed by atoms with Crippen molar-refractivity contribution < 1.29 is 17.9 Å². The van der Waals surface area contributed by atoms with Gasteiger partial charge >= 0.3 is 0 Å². The third kappa shape index (κ3) is 4.45. The Morgan fingerprint density at radius 3 is 2.86 bits per heavy atom. The van der Waals surface area contributed by atoms with Crippen LogP contribution in [0.4, 0.5) is 0 Å². The lowest BCUT2D eigenvalue weighted by atomic mass is 9.96. The predicted octanol–water partition coefficient (Wildman–Crippen LogP) is 0.635. The van der Waals surface area contributed by atoms with E-state index in [1.807, 2.05) is 24.3 Å². The van der Waals surface area contributed by atoms with Crippen molar-refractivity contribution in [2.24, 2.45) is 5.92 Å². The lowest BCUT2D eigenvalue weighted by molar-refractivity contribution is -0.125. The Morgan fingerprint density at radius 2 is 2.14 bits per heavy atom. The number of para-hydroxylation sites is 1. The molecule has 22 heavy (non-hydrogen) atoms. The van der Waals surface area contributed by atoms with Crippen LogP contribution in [0, 0.1) is 5.92 Å². The van der Waals surface area contributed by atoms with Crippen molar-refractivity contribution >= 4 is 15.9 Å². The van der Waals surface area contributed by atoms with E-state index in [4.69, 9.17) is 4.74 Å². The summed E-state index contributed by atoms with van der Waals surface area (Å²) in [5.41, 5.74) is 1.04. The summed E-state index contributed by atoms with van der Waals surface area (Å²) in [6, 6.07) is 7.73. The maximum Gasteiger partial charge on any atom is 0.223 e. The Labute approximate surface area is 131 Å². The van der Waals surface area contributed by atoms with Gasteiger partial charge in [-0.1, -0.05) is 18.2 Å². The van der Waals surface area contributed by atoms with Crippen LogP contribution in [0.3, 0.4) is 0 Å². The molecule has 0 bridgehead atoms. The molecule has 0 spiro atoms. The van der Waals surface area contributed by atoms with Crippen molar-refractivity contribution in [1.82, 2.24) is 9.62 Å². The number of sulfonamides is 1. The average molecular weight is 326 g/mol. The van der Waals surface area contributed by atoms with Crippen molar-refractivity contribution in [3.05, 3.63) is 29.8 Å². The molecule has 1 atom stereocenters. The molecule has 0 aromatic heterocycles. The van der Waals surface area contributed by atoms with Crippen molar-refractivity contribution in [3.63, 3.8) is 0 Å². The van der Waals surface area contributed by atoms with Gasteiger partial charge in [0.2, 0.25) is 15.9 Å². The van der Waals surface area contributed by atoms with E-state index in [2.05, 4.69) is 5.32 Å². The van der Waals surface area contributed by atoms with Gasteiger partial charge in [0.15, 0.2) is 0 Å². The number of amides is 1. The van der Waals surface area contributed by atoms with Crippen LogP contribution in [-0.4, -0.2) is 51.6 Å². The maximum atomic E-state index is 12.3. The predicted molar refractivity (Wildman–Crippen MR) is 84.2 cm³/mol. The summed E-state index contributed by atoms with van der Waals surface area (Å²) in [5.74, 6) is 0.643. The molecular weight excluding hydrogens is 304 g/mol. The van der Waals surface area contributed by atoms with Gasteiger partial charge in [-0.3, -0.25) is 4.79 Å². The fourth-order valence-electron chi connectivity index (χ4n) is 2.36. The zero-order valence-electron chi connectivity index (χ0n) is 12.9. The van der Waals surface area contributed by atoms with E-state index in [1.165, 1.54) is 11.4 Å². The zero-order chi connectivity index (χ0) is 16.2. The molecule has 1 heterocycles. The van der Waals surface area contributed by atoms with Crippen molar-refractivity contribution in [2.45, 2.75) is 12.8 Å². The van der Waals surface area contributed by atoms with E-state index in [0.717, 1.165) is 17.6 Å². The van der Waals surface area contributed by atoms with E-state index in [1.54, 1.807) is 0 Å². The van der Waals surface area contributed by atoms with Gasteiger partial charge in [-0.05, 0) is 24.5 Å². The summed E-state index contributed by atoms with van der Waals surface area (Å²) in [4.78, 5) is 12.3. The Morgan fingerprint density at radius 1 is 1.41 bits per heavy atom. The Balaban J connectivity index is 1.88. The van der Waals surface area contributed by atoms with Gasteiger partial charge in [0.05, 0.1) is 12.9 Å². The zero-order valence-corrected chi connectivity index (χ0v) is 13.7. The molecule has 0 saturated carbocycles. The van der Waals surface area contributed by atoms with Gasteiger partial charge in [-0.15, -0.1) is 0 Å². The summed E-state index contributed by atoms with van der Waals surface area (Å²) in [6.07, 6.45) is 2.45. The van der Waals surface area contributed by atoms with Crippen LogP contribution >= 0.6 is 0 Å². The molecule has 122 valence electrons. The number of likely N-dealkylation sites (N-methyl/N-ethyl adjacent to an activating group) is 1. The molecule has 0 unspecified atom stereocenters. The first-order chi connectivity index (χ1) is 10.4. The minimum atomic E-state index is -3.21. The molecule has 0 saturated heterocycles. The average Bonchev–Trinajstić information content (AvgIpc) is 2.68. The van der Waals surface area contributed by atoms with Crippen LogP contribution in [0.25, 0.3) is 0 Å². The second-order valence-corrected chi connectivity index (χ2v) is 7.61. The number of fused-ring (bicyclic) bond motifs is 1. The molecule has 6 nitrogen and oxygen atoms in total. The minimum Gasteiger partial charge on any atom is -0.493 e. The second-order valence-electron chi connectivity index (χ2n) is 5.52. The molecule has 1 aromatic rings. The molecule has 2 rings (SSSR count). The van der Waals surface area contributed by atoms with Crippen molar-refractivity contribution in [2.75, 3.05) is 33.0 Å². The van der Waals surface area contributed by atoms with Crippen molar-refractivity contribution in [1.29, 1.82) is 0 Å². The Kier molecular flexibility index (Phi) is 5.42. The highest BCUT2D eigenvalue weighted by Crippen LogP contribution is 2.26. The molecule has 0 aliphatic carbocycles. The molecular formula is C15H22N2O4S. The van der Waals surface area contributed by atoms with E-state index >= 15 is 0 Å². The van der Waals surface area contributed by atoms with E-state index in [9.17, 15) is 13.2 Å². The lowest BCUT2D eigenvalue weighted by Gasteiger charge is -2.17. The first-order valence-electron chi connectivity index (χ1n) is 7.27. The summed E-state index contributed by atoms with van der Waals surface area (Å²) in [6.45, 7) is 1.09. The number of rotatable bonds is 5. The molecule has 1 N–H and O–H groups in total. The number of nitrogens with zero attached hydrogens (tertiary/aromatic N) is 1. The van der Waals surface area contributed by atoms with E-state index in [0.29, 0.717) is 26.0 Å². The lowest BCUT2D eigenvalue weighted by Crippen LogP contribution is -2.38. The molecule has 1 amide bonds. The number of hydrogen-bond donors (Lipinski definition) is 1. The van der Waals surface area contributed by atoms with E-state index < -0.39 is 10.0 Å². The molecule has 7 heteroatoms. The standard InChI is InChI=1S/C15H22N2O4S/c1-17(22(2,19)20)9-8-16-15(18)13-7-10-21-14-6-4-3-5-12(14)11-13/h3-6,13H,7-11H2,1-2H3,(H,16,18)/t13-/m1/s1. The van der Waals surface area contributed by atoms with Gasteiger partial charge in [-0.25, -0.2) is 12.7 Å². The topological polar surface area (TPSA) is 75.7 Å². The molecule has 1 aliphatic rings. The van der Waals surface area contributed by atoms with Gasteiger partial charge in [0.1, 0.15) is 5.75 Å². The first-order valence-corrected chi connectivity index (χ1v) is 9.12. The van der Waals surface area contributed by atoms with Crippen LogP contribution < -0.4 is 10.1 Å². The summed E-state index contributed by atoms with van der Waals surface area (Å²) in [7, 11) is -1.71. The normalized spacial score (nSPS) is 18.2. The number of carbonyl (C=O) groups is 1. The highest BCUT2D eigenvalue weighted by atomic mass is 32.2. The van der Waals surface area contributed by atoms with Gasteiger partial charge in [0.25, 0.3) is 0 Å². The van der Waals surface area contributed by atoms with Crippen LogP contribution in [0.1, 0.15) is 12.0 Å². The second kappa shape index (κ2) is 7.11. The molecule has 0 fully saturated rings. The van der Waals surface area contributed by atoms with Gasteiger partial charge in [-0.2, -0.15) is 0 Å². The van der Waals surface area contributed by atoms with Gasteiger partial charge < -0.3 is 10.1 Å². The van der Waals surface area contributed by atoms with Crippen LogP contribution in [0.2, 0.25) is 0 Å². The number of carbonyl (C=O) groups excluding carboxylic acids is 1. The fourth-order valence-corrected chi connectivity index (χ4v) is 2.79.